The van der Waals surface area contributed by atoms with Gasteiger partial charge in [-0.25, -0.2) is 0 Å². The number of hydrogen-bond acceptors (Lipinski definition) is 0. The molecule has 1 heteroatoms. The number of aryl methyl sites for hydroxylation is 1. The van der Waals surface area contributed by atoms with E-state index in [2.05, 4.69) is 87.3 Å². The average molecular weight is 372 g/mol. The van der Waals surface area contributed by atoms with Gasteiger partial charge in [-0.1, -0.05) is 73.5 Å². The van der Waals surface area contributed by atoms with Crippen LogP contribution in [0, 0.1) is 18.8 Å². The van der Waals surface area contributed by atoms with Crippen molar-refractivity contribution >= 4 is 10.9 Å². The van der Waals surface area contributed by atoms with Gasteiger partial charge in [0.25, 0.3) is 0 Å². The van der Waals surface area contributed by atoms with Crippen molar-refractivity contribution in [2.24, 2.45) is 11.8 Å². The fraction of sp³-hybridized carbons (Fsp3) is 0.407. The zero-order valence-electron chi connectivity index (χ0n) is 17.8. The summed E-state index contributed by atoms with van der Waals surface area (Å²) in [5.74, 6) is 1.75. The Morgan fingerprint density at radius 2 is 1.75 bits per heavy atom. The van der Waals surface area contributed by atoms with Crippen molar-refractivity contribution in [2.45, 2.75) is 59.3 Å². The Balaban J connectivity index is 1.82. The molecule has 0 amide bonds. The first-order chi connectivity index (χ1) is 13.5. The second-order valence-corrected chi connectivity index (χ2v) is 9.17. The molecule has 1 nitrogen and oxygen atoms in total. The van der Waals surface area contributed by atoms with Crippen molar-refractivity contribution in [3.63, 3.8) is 0 Å². The Labute approximate surface area is 169 Å². The number of hydrogen-bond donors (Lipinski definition) is 1. The van der Waals surface area contributed by atoms with Gasteiger partial charge >= 0.3 is 0 Å². The van der Waals surface area contributed by atoms with Crippen molar-refractivity contribution in [3.8, 4) is 0 Å². The number of para-hydroxylation sites is 1. The van der Waals surface area contributed by atoms with E-state index in [0.717, 1.165) is 6.42 Å². The third kappa shape index (κ3) is 3.94. The second-order valence-electron chi connectivity index (χ2n) is 9.17. The topological polar surface area (TPSA) is 15.8 Å². The number of aromatic amines is 1. The largest absolute Gasteiger partial charge is 0.358 e. The first-order valence-electron chi connectivity index (χ1n) is 10.8. The van der Waals surface area contributed by atoms with E-state index in [9.17, 15) is 0 Å². The van der Waals surface area contributed by atoms with Crippen LogP contribution >= 0.6 is 0 Å². The summed E-state index contributed by atoms with van der Waals surface area (Å²) in [6.45, 7) is 9.12. The van der Waals surface area contributed by atoms with Crippen LogP contribution in [0.1, 0.15) is 68.3 Å². The van der Waals surface area contributed by atoms with Gasteiger partial charge < -0.3 is 4.98 Å². The van der Waals surface area contributed by atoms with E-state index in [-0.39, 0.29) is 0 Å². The zero-order chi connectivity index (χ0) is 19.7. The lowest BCUT2D eigenvalue weighted by atomic mass is 9.83. The summed E-state index contributed by atoms with van der Waals surface area (Å²) < 4.78 is 0. The molecule has 1 heterocycles. The van der Waals surface area contributed by atoms with E-state index in [1.165, 1.54) is 52.5 Å². The normalized spacial score (nSPS) is 18.0. The van der Waals surface area contributed by atoms with Gasteiger partial charge in [0, 0.05) is 22.5 Å². The summed E-state index contributed by atoms with van der Waals surface area (Å²) in [6, 6.07) is 18.1. The molecule has 1 N–H and O–H groups in total. The minimum Gasteiger partial charge on any atom is -0.358 e. The lowest BCUT2D eigenvalue weighted by molar-refractivity contribution is 0.527. The molecule has 146 valence electrons. The van der Waals surface area contributed by atoms with Gasteiger partial charge in [0.05, 0.1) is 0 Å². The predicted octanol–water partition coefficient (Wildman–Crippen LogP) is 7.55. The highest BCUT2D eigenvalue weighted by Gasteiger charge is 2.26. The number of H-pyrrole nitrogens is 1. The molecule has 1 aromatic heterocycles. The van der Waals surface area contributed by atoms with Crippen LogP contribution in [0.15, 0.2) is 60.2 Å². The van der Waals surface area contributed by atoms with Gasteiger partial charge in [-0.2, -0.15) is 0 Å². The van der Waals surface area contributed by atoms with Crippen LogP contribution in [0.5, 0.6) is 0 Å². The molecule has 28 heavy (non-hydrogen) atoms. The SMILES string of the molecule is CC1=CC(CC(c2ccc(C)cc2)c2[nH]c3ccccc3c2CC(C)C)CC1. The van der Waals surface area contributed by atoms with E-state index in [0.29, 0.717) is 17.8 Å². The Bertz CT molecular complexity index is 971. The standard InChI is InChI=1S/C27H33N/c1-18(2)15-25-23-7-5-6-8-26(23)28-27(25)24(17-21-12-9-20(4)16-21)22-13-10-19(3)11-14-22/h5-8,10-11,13-14,16,18,21,24,28H,9,12,15,17H2,1-4H3. The maximum atomic E-state index is 3.85. The molecule has 4 rings (SSSR count). The van der Waals surface area contributed by atoms with Gasteiger partial charge in [0.15, 0.2) is 0 Å². The summed E-state index contributed by atoms with van der Waals surface area (Å²) in [7, 11) is 0. The monoisotopic (exact) mass is 371 g/mol. The molecular formula is C27H33N. The number of benzene rings is 2. The van der Waals surface area contributed by atoms with E-state index in [1.54, 1.807) is 5.57 Å². The smallest absolute Gasteiger partial charge is 0.0459 e. The van der Waals surface area contributed by atoms with Crippen LogP contribution in [0.2, 0.25) is 0 Å². The highest BCUT2D eigenvalue weighted by molar-refractivity contribution is 5.85. The fourth-order valence-corrected chi connectivity index (χ4v) is 4.84. The summed E-state index contributed by atoms with van der Waals surface area (Å²) in [4.78, 5) is 3.85. The van der Waals surface area contributed by atoms with Crippen LogP contribution < -0.4 is 0 Å². The highest BCUT2D eigenvalue weighted by atomic mass is 14.7. The van der Waals surface area contributed by atoms with E-state index in [1.807, 2.05) is 0 Å². The van der Waals surface area contributed by atoms with Crippen molar-refractivity contribution in [2.75, 3.05) is 0 Å². The van der Waals surface area contributed by atoms with Gasteiger partial charge in [-0.15, -0.1) is 0 Å². The summed E-state index contributed by atoms with van der Waals surface area (Å²) in [5, 5.41) is 1.40. The van der Waals surface area contributed by atoms with Gasteiger partial charge in [0.2, 0.25) is 0 Å². The van der Waals surface area contributed by atoms with Crippen LogP contribution in [0.4, 0.5) is 0 Å². The number of nitrogens with one attached hydrogen (secondary N) is 1. The fourth-order valence-electron chi connectivity index (χ4n) is 4.84. The molecule has 0 spiro atoms. The van der Waals surface area contributed by atoms with Crippen LogP contribution in [-0.2, 0) is 6.42 Å². The molecule has 1 aliphatic rings. The second kappa shape index (κ2) is 7.99. The van der Waals surface area contributed by atoms with Crippen molar-refractivity contribution in [1.29, 1.82) is 0 Å². The molecule has 0 fully saturated rings. The number of aromatic nitrogens is 1. The molecule has 0 radical (unpaired) electrons. The first-order valence-corrected chi connectivity index (χ1v) is 10.8. The third-order valence-corrected chi connectivity index (χ3v) is 6.26. The van der Waals surface area contributed by atoms with Crippen molar-refractivity contribution in [1.82, 2.24) is 4.98 Å². The molecule has 0 bridgehead atoms. The Morgan fingerprint density at radius 1 is 1.00 bits per heavy atom. The van der Waals surface area contributed by atoms with E-state index < -0.39 is 0 Å². The van der Waals surface area contributed by atoms with Gasteiger partial charge in [-0.3, -0.25) is 0 Å². The molecule has 2 unspecified atom stereocenters. The lowest BCUT2D eigenvalue weighted by Crippen LogP contribution is -2.10. The first kappa shape index (κ1) is 19.1. The minimum absolute atomic E-state index is 0.425. The van der Waals surface area contributed by atoms with Crippen molar-refractivity contribution < 1.29 is 0 Å². The van der Waals surface area contributed by atoms with Crippen molar-refractivity contribution in [3.05, 3.63) is 82.6 Å². The molecule has 3 aromatic rings. The molecular weight excluding hydrogens is 338 g/mol. The van der Waals surface area contributed by atoms with Gasteiger partial charge in [-0.05, 0) is 68.6 Å². The van der Waals surface area contributed by atoms with Crippen LogP contribution in [-0.4, -0.2) is 4.98 Å². The Kier molecular flexibility index (Phi) is 5.44. The highest BCUT2D eigenvalue weighted by Crippen LogP contribution is 2.40. The summed E-state index contributed by atoms with van der Waals surface area (Å²) in [5.41, 5.74) is 8.58. The maximum absolute atomic E-state index is 3.85. The van der Waals surface area contributed by atoms with Crippen LogP contribution in [0.3, 0.4) is 0 Å². The zero-order valence-corrected chi connectivity index (χ0v) is 17.8. The number of fused-ring (bicyclic) bond motifs is 1. The van der Waals surface area contributed by atoms with E-state index in [4.69, 9.17) is 0 Å². The lowest BCUT2D eigenvalue weighted by Gasteiger charge is -2.22. The van der Waals surface area contributed by atoms with E-state index >= 15 is 0 Å². The number of rotatable bonds is 6. The summed E-state index contributed by atoms with van der Waals surface area (Å²) in [6.07, 6.45) is 7.40. The molecule has 0 saturated carbocycles. The van der Waals surface area contributed by atoms with Crippen LogP contribution in [0.25, 0.3) is 10.9 Å². The third-order valence-electron chi connectivity index (χ3n) is 6.26. The Morgan fingerprint density at radius 3 is 2.43 bits per heavy atom. The predicted molar refractivity (Wildman–Crippen MR) is 121 cm³/mol. The quantitative estimate of drug-likeness (QED) is 0.430. The molecule has 1 aliphatic carbocycles. The van der Waals surface area contributed by atoms with Gasteiger partial charge in [0.1, 0.15) is 0 Å². The molecule has 2 atom stereocenters. The maximum Gasteiger partial charge on any atom is 0.0459 e. The number of allylic oxidation sites excluding steroid dienone is 2. The molecule has 0 saturated heterocycles. The molecule has 0 aliphatic heterocycles. The Hall–Kier alpha value is -2.28. The molecule has 2 aromatic carbocycles. The average Bonchev–Trinajstić information content (AvgIpc) is 3.24. The summed E-state index contributed by atoms with van der Waals surface area (Å²) >= 11 is 0. The minimum atomic E-state index is 0.425.